The lowest BCUT2D eigenvalue weighted by Crippen LogP contribution is -1.98. The number of benzene rings is 9. The SMILES string of the molecule is c1ccc(-c2ccc3c(-c4ccc(-n5c(-c6cccc7ccccc67)nc6ccccc65)cc4)c4ccccc4c(-c4ccccc4)c3c2)cc1. The van der Waals surface area contributed by atoms with Crippen molar-refractivity contribution in [1.29, 1.82) is 0 Å². The van der Waals surface area contributed by atoms with Gasteiger partial charge in [0.15, 0.2) is 0 Å². The summed E-state index contributed by atoms with van der Waals surface area (Å²) >= 11 is 0. The van der Waals surface area contributed by atoms with Gasteiger partial charge in [-0.1, -0.05) is 164 Å². The number of hydrogen-bond donors (Lipinski definition) is 0. The Morgan fingerprint density at radius 3 is 1.67 bits per heavy atom. The zero-order valence-corrected chi connectivity index (χ0v) is 27.9. The van der Waals surface area contributed by atoms with Crippen LogP contribution in [-0.4, -0.2) is 9.55 Å². The molecule has 0 amide bonds. The number of fused-ring (bicyclic) bond motifs is 4. The summed E-state index contributed by atoms with van der Waals surface area (Å²) in [6, 6.07) is 69.9. The zero-order chi connectivity index (χ0) is 33.7. The van der Waals surface area contributed by atoms with E-state index >= 15 is 0 Å². The summed E-state index contributed by atoms with van der Waals surface area (Å²) in [6.07, 6.45) is 0. The van der Waals surface area contributed by atoms with Gasteiger partial charge in [0.05, 0.1) is 11.0 Å². The minimum atomic E-state index is 0.942. The first kappa shape index (κ1) is 29.2. The fourth-order valence-corrected chi connectivity index (χ4v) is 7.88. The van der Waals surface area contributed by atoms with Crippen LogP contribution in [0.1, 0.15) is 0 Å². The molecule has 1 aromatic heterocycles. The van der Waals surface area contributed by atoms with Crippen LogP contribution in [0.25, 0.3) is 93.8 Å². The number of hydrogen-bond acceptors (Lipinski definition) is 1. The molecule has 0 bridgehead atoms. The molecule has 10 rings (SSSR count). The van der Waals surface area contributed by atoms with Crippen molar-refractivity contribution in [2.75, 3.05) is 0 Å². The van der Waals surface area contributed by atoms with Gasteiger partial charge in [0.1, 0.15) is 5.82 Å². The minimum Gasteiger partial charge on any atom is -0.292 e. The lowest BCUT2D eigenvalue weighted by Gasteiger charge is -2.19. The third-order valence-corrected chi connectivity index (χ3v) is 10.2. The molecule has 0 radical (unpaired) electrons. The summed E-state index contributed by atoms with van der Waals surface area (Å²) in [5.74, 6) is 0.942. The Hall–Kier alpha value is -6.77. The first-order valence-corrected chi connectivity index (χ1v) is 17.5. The molecular weight excluding hydrogens is 617 g/mol. The predicted octanol–water partition coefficient (Wildman–Crippen LogP) is 13.2. The molecule has 0 N–H and O–H groups in total. The Labute approximate surface area is 296 Å². The molecule has 0 unspecified atom stereocenters. The molecule has 2 nitrogen and oxygen atoms in total. The first-order chi connectivity index (χ1) is 25.3. The second-order valence-electron chi connectivity index (χ2n) is 13.1. The molecule has 9 aromatic carbocycles. The quantitative estimate of drug-likeness (QED) is 0.170. The van der Waals surface area contributed by atoms with Crippen LogP contribution in [0.2, 0.25) is 0 Å². The molecule has 10 aromatic rings. The van der Waals surface area contributed by atoms with Gasteiger partial charge in [0, 0.05) is 11.3 Å². The number of imidazole rings is 1. The monoisotopic (exact) mass is 648 g/mol. The number of rotatable bonds is 5. The lowest BCUT2D eigenvalue weighted by molar-refractivity contribution is 1.11. The van der Waals surface area contributed by atoms with E-state index < -0.39 is 0 Å². The summed E-state index contributed by atoms with van der Waals surface area (Å²) < 4.78 is 2.31. The molecule has 0 aliphatic rings. The highest BCUT2D eigenvalue weighted by molar-refractivity contribution is 6.22. The highest BCUT2D eigenvalue weighted by atomic mass is 15.1. The first-order valence-electron chi connectivity index (χ1n) is 17.5. The van der Waals surface area contributed by atoms with Gasteiger partial charge in [-0.3, -0.25) is 4.57 Å². The van der Waals surface area contributed by atoms with Crippen LogP contribution < -0.4 is 0 Å². The maximum absolute atomic E-state index is 5.21. The van der Waals surface area contributed by atoms with E-state index in [1.54, 1.807) is 0 Å². The summed E-state index contributed by atoms with van der Waals surface area (Å²) in [7, 11) is 0. The molecule has 0 saturated heterocycles. The van der Waals surface area contributed by atoms with Gasteiger partial charge in [0.2, 0.25) is 0 Å². The molecule has 0 spiro atoms. The third-order valence-electron chi connectivity index (χ3n) is 10.2. The fraction of sp³-hybridized carbons (Fsp3) is 0. The smallest absolute Gasteiger partial charge is 0.146 e. The van der Waals surface area contributed by atoms with E-state index in [0.29, 0.717) is 0 Å². The molecule has 51 heavy (non-hydrogen) atoms. The van der Waals surface area contributed by atoms with E-state index in [0.717, 1.165) is 28.1 Å². The minimum absolute atomic E-state index is 0.942. The molecule has 0 atom stereocenters. The third kappa shape index (κ3) is 4.84. The van der Waals surface area contributed by atoms with E-state index in [-0.39, 0.29) is 0 Å². The summed E-state index contributed by atoms with van der Waals surface area (Å²) in [5.41, 5.74) is 11.6. The summed E-state index contributed by atoms with van der Waals surface area (Å²) in [4.78, 5) is 5.21. The zero-order valence-electron chi connectivity index (χ0n) is 27.9. The normalized spacial score (nSPS) is 11.5. The molecule has 1 heterocycles. The Bertz CT molecular complexity index is 2880. The Morgan fingerprint density at radius 1 is 0.353 bits per heavy atom. The fourth-order valence-electron chi connectivity index (χ4n) is 7.88. The van der Waals surface area contributed by atoms with Crippen LogP contribution >= 0.6 is 0 Å². The highest BCUT2D eigenvalue weighted by Gasteiger charge is 2.19. The largest absolute Gasteiger partial charge is 0.292 e. The highest BCUT2D eigenvalue weighted by Crippen LogP contribution is 2.45. The molecule has 0 saturated carbocycles. The standard InChI is InChI=1S/C49H32N2/c1-3-14-33(15-4-1)37-28-31-42-44(32-37)48(35-17-5-2-6-18-35)41-22-10-9-21-40(41)47(42)36-26-29-38(30-27-36)51-46-25-12-11-24-45(46)50-49(51)43-23-13-19-34-16-7-8-20-39(34)43/h1-32H. The molecule has 2 heteroatoms. The summed E-state index contributed by atoms with van der Waals surface area (Å²) in [6.45, 7) is 0. The van der Waals surface area contributed by atoms with Crippen molar-refractivity contribution in [2.24, 2.45) is 0 Å². The Morgan fingerprint density at radius 2 is 0.902 bits per heavy atom. The average molecular weight is 649 g/mol. The van der Waals surface area contributed by atoms with Crippen molar-refractivity contribution in [1.82, 2.24) is 9.55 Å². The van der Waals surface area contributed by atoms with Gasteiger partial charge >= 0.3 is 0 Å². The van der Waals surface area contributed by atoms with E-state index in [1.165, 1.54) is 65.7 Å². The van der Waals surface area contributed by atoms with Crippen molar-refractivity contribution in [3.8, 4) is 50.5 Å². The number of nitrogens with zero attached hydrogens (tertiary/aromatic N) is 2. The van der Waals surface area contributed by atoms with Crippen molar-refractivity contribution in [3.05, 3.63) is 194 Å². The van der Waals surface area contributed by atoms with Gasteiger partial charge in [-0.15, -0.1) is 0 Å². The van der Waals surface area contributed by atoms with Crippen LogP contribution in [0, 0.1) is 0 Å². The van der Waals surface area contributed by atoms with Crippen LogP contribution in [0.3, 0.4) is 0 Å². The molecule has 0 aliphatic carbocycles. The van der Waals surface area contributed by atoms with Gasteiger partial charge < -0.3 is 0 Å². The van der Waals surface area contributed by atoms with Gasteiger partial charge in [0.25, 0.3) is 0 Å². The van der Waals surface area contributed by atoms with Gasteiger partial charge in [-0.2, -0.15) is 0 Å². The van der Waals surface area contributed by atoms with Crippen molar-refractivity contribution in [3.63, 3.8) is 0 Å². The van der Waals surface area contributed by atoms with Crippen molar-refractivity contribution in [2.45, 2.75) is 0 Å². The van der Waals surface area contributed by atoms with Crippen molar-refractivity contribution < 1.29 is 0 Å². The van der Waals surface area contributed by atoms with E-state index in [4.69, 9.17) is 4.98 Å². The van der Waals surface area contributed by atoms with Crippen LogP contribution in [-0.2, 0) is 0 Å². The molecule has 238 valence electrons. The maximum Gasteiger partial charge on any atom is 0.146 e. The Balaban J connectivity index is 1.20. The molecular formula is C49H32N2. The topological polar surface area (TPSA) is 17.8 Å². The number of para-hydroxylation sites is 2. The average Bonchev–Trinajstić information content (AvgIpc) is 3.60. The second kappa shape index (κ2) is 12.0. The molecule has 0 fully saturated rings. The van der Waals surface area contributed by atoms with E-state index in [1.807, 2.05) is 0 Å². The maximum atomic E-state index is 5.21. The van der Waals surface area contributed by atoms with Crippen molar-refractivity contribution >= 4 is 43.4 Å². The summed E-state index contributed by atoms with van der Waals surface area (Å²) in [5, 5.41) is 7.38. The Kier molecular flexibility index (Phi) is 6.85. The number of aromatic nitrogens is 2. The molecule has 0 aliphatic heterocycles. The van der Waals surface area contributed by atoms with Crippen LogP contribution in [0.15, 0.2) is 194 Å². The second-order valence-corrected chi connectivity index (χ2v) is 13.1. The predicted molar refractivity (Wildman–Crippen MR) is 215 cm³/mol. The van der Waals surface area contributed by atoms with E-state index in [9.17, 15) is 0 Å². The van der Waals surface area contributed by atoms with E-state index in [2.05, 4.69) is 199 Å². The van der Waals surface area contributed by atoms with Gasteiger partial charge in [-0.25, -0.2) is 4.98 Å². The van der Waals surface area contributed by atoms with Crippen LogP contribution in [0.5, 0.6) is 0 Å². The van der Waals surface area contributed by atoms with Crippen LogP contribution in [0.4, 0.5) is 0 Å². The van der Waals surface area contributed by atoms with Gasteiger partial charge in [-0.05, 0) is 96.0 Å². The lowest BCUT2D eigenvalue weighted by atomic mass is 9.85.